The maximum Gasteiger partial charge on any atom is 0.321 e. The van der Waals surface area contributed by atoms with Crippen molar-refractivity contribution in [2.24, 2.45) is 0 Å². The largest absolute Gasteiger partial charge is 0.324 e. The van der Waals surface area contributed by atoms with Crippen LogP contribution in [-0.2, 0) is 4.79 Å². The van der Waals surface area contributed by atoms with E-state index >= 15 is 0 Å². The molecule has 4 heteroatoms. The molecule has 0 atom stereocenters. The van der Waals surface area contributed by atoms with Crippen LogP contribution in [0.15, 0.2) is 30.3 Å². The summed E-state index contributed by atoms with van der Waals surface area (Å²) in [7, 11) is 0. The lowest BCUT2D eigenvalue weighted by Crippen LogP contribution is -2.41. The quantitative estimate of drug-likeness (QED) is 0.782. The van der Waals surface area contributed by atoms with Crippen LogP contribution in [-0.4, -0.2) is 29.8 Å². The second kappa shape index (κ2) is 4.79. The standard InChI is InChI=1S/C12H14N2O2/c15-11-6-8-14(9-7-11)12(16)13-10-4-2-1-3-5-10/h1-5H,6-9H2,(H,13,16). The highest BCUT2D eigenvalue weighted by molar-refractivity contribution is 5.91. The molecular formula is C12H14N2O2. The number of rotatable bonds is 1. The molecule has 1 N–H and O–H groups in total. The summed E-state index contributed by atoms with van der Waals surface area (Å²) >= 11 is 0. The first-order chi connectivity index (χ1) is 7.75. The third-order valence-electron chi connectivity index (χ3n) is 2.63. The molecule has 2 rings (SSSR count). The minimum atomic E-state index is -0.126. The van der Waals surface area contributed by atoms with E-state index in [2.05, 4.69) is 5.32 Å². The van der Waals surface area contributed by atoms with Crippen LogP contribution in [0.3, 0.4) is 0 Å². The number of carbonyl (C=O) groups is 2. The van der Waals surface area contributed by atoms with Gasteiger partial charge in [-0.05, 0) is 12.1 Å². The van der Waals surface area contributed by atoms with Crippen LogP contribution < -0.4 is 5.32 Å². The zero-order chi connectivity index (χ0) is 11.4. The Morgan fingerprint density at radius 1 is 1.12 bits per heavy atom. The Hall–Kier alpha value is -1.84. The second-order valence-corrected chi connectivity index (χ2v) is 3.82. The van der Waals surface area contributed by atoms with Gasteiger partial charge in [-0.15, -0.1) is 0 Å². The summed E-state index contributed by atoms with van der Waals surface area (Å²) in [5.74, 6) is 0.240. The highest BCUT2D eigenvalue weighted by Gasteiger charge is 2.20. The summed E-state index contributed by atoms with van der Waals surface area (Å²) in [6.45, 7) is 1.05. The smallest absolute Gasteiger partial charge is 0.321 e. The Morgan fingerprint density at radius 3 is 2.38 bits per heavy atom. The first-order valence-corrected chi connectivity index (χ1v) is 5.38. The van der Waals surface area contributed by atoms with Crippen molar-refractivity contribution in [1.29, 1.82) is 0 Å². The number of likely N-dealkylation sites (tertiary alicyclic amines) is 1. The molecular weight excluding hydrogens is 204 g/mol. The molecule has 4 nitrogen and oxygen atoms in total. The molecule has 0 bridgehead atoms. The lowest BCUT2D eigenvalue weighted by atomic mass is 10.1. The topological polar surface area (TPSA) is 49.4 Å². The van der Waals surface area contributed by atoms with Crippen molar-refractivity contribution in [2.45, 2.75) is 12.8 Å². The van der Waals surface area contributed by atoms with Gasteiger partial charge in [-0.3, -0.25) is 4.79 Å². The van der Waals surface area contributed by atoms with Gasteiger partial charge in [0, 0.05) is 31.6 Å². The number of para-hydroxylation sites is 1. The highest BCUT2D eigenvalue weighted by atomic mass is 16.2. The van der Waals surface area contributed by atoms with Gasteiger partial charge < -0.3 is 10.2 Å². The number of hydrogen-bond acceptors (Lipinski definition) is 2. The molecule has 1 aliphatic heterocycles. The predicted molar refractivity (Wildman–Crippen MR) is 61.3 cm³/mol. The van der Waals surface area contributed by atoms with E-state index in [9.17, 15) is 9.59 Å². The average molecular weight is 218 g/mol. The van der Waals surface area contributed by atoms with Crippen LogP contribution in [0, 0.1) is 0 Å². The summed E-state index contributed by atoms with van der Waals surface area (Å²) < 4.78 is 0. The zero-order valence-electron chi connectivity index (χ0n) is 8.98. The third-order valence-corrected chi connectivity index (χ3v) is 2.63. The van der Waals surface area contributed by atoms with Crippen molar-refractivity contribution in [3.05, 3.63) is 30.3 Å². The van der Waals surface area contributed by atoms with Crippen LogP contribution in [0.5, 0.6) is 0 Å². The maximum atomic E-state index is 11.8. The van der Waals surface area contributed by atoms with E-state index in [1.807, 2.05) is 30.3 Å². The van der Waals surface area contributed by atoms with Crippen molar-refractivity contribution in [3.8, 4) is 0 Å². The highest BCUT2D eigenvalue weighted by Crippen LogP contribution is 2.10. The number of benzene rings is 1. The molecule has 0 aliphatic carbocycles. The predicted octanol–water partition coefficient (Wildman–Crippen LogP) is 1.88. The van der Waals surface area contributed by atoms with Gasteiger partial charge in [-0.25, -0.2) is 4.79 Å². The van der Waals surface area contributed by atoms with Gasteiger partial charge in [-0.2, -0.15) is 0 Å². The number of amides is 2. The number of urea groups is 1. The SMILES string of the molecule is O=C1CCN(C(=O)Nc2ccccc2)CC1. The van der Waals surface area contributed by atoms with Crippen LogP contribution >= 0.6 is 0 Å². The normalized spacial score (nSPS) is 16.0. The Balaban J connectivity index is 1.91. The van der Waals surface area contributed by atoms with E-state index in [1.54, 1.807) is 4.90 Å². The molecule has 16 heavy (non-hydrogen) atoms. The van der Waals surface area contributed by atoms with Crippen molar-refractivity contribution in [3.63, 3.8) is 0 Å². The van der Waals surface area contributed by atoms with E-state index in [4.69, 9.17) is 0 Å². The van der Waals surface area contributed by atoms with E-state index in [0.29, 0.717) is 25.9 Å². The molecule has 2 amide bonds. The van der Waals surface area contributed by atoms with Gasteiger partial charge in [0.15, 0.2) is 0 Å². The molecule has 0 radical (unpaired) electrons. The summed E-state index contributed by atoms with van der Waals surface area (Å²) in [4.78, 5) is 24.5. The number of nitrogens with one attached hydrogen (secondary N) is 1. The Bertz CT molecular complexity index is 379. The molecule has 1 fully saturated rings. The van der Waals surface area contributed by atoms with Crippen molar-refractivity contribution < 1.29 is 9.59 Å². The molecule has 1 aromatic carbocycles. The lowest BCUT2D eigenvalue weighted by Gasteiger charge is -2.26. The minimum Gasteiger partial charge on any atom is -0.324 e. The van der Waals surface area contributed by atoms with Crippen LogP contribution in [0.2, 0.25) is 0 Å². The minimum absolute atomic E-state index is 0.126. The number of ketones is 1. The van der Waals surface area contributed by atoms with Gasteiger partial charge in [0.05, 0.1) is 0 Å². The Kier molecular flexibility index (Phi) is 3.19. The van der Waals surface area contributed by atoms with Crippen molar-refractivity contribution >= 4 is 17.5 Å². The number of piperidine rings is 1. The molecule has 84 valence electrons. The number of Topliss-reactive ketones (excluding diaryl/α,β-unsaturated/α-hetero) is 1. The van der Waals surface area contributed by atoms with E-state index in [-0.39, 0.29) is 11.8 Å². The molecule has 1 saturated heterocycles. The van der Waals surface area contributed by atoms with Crippen molar-refractivity contribution in [2.75, 3.05) is 18.4 Å². The van der Waals surface area contributed by atoms with Gasteiger partial charge in [0.2, 0.25) is 0 Å². The third kappa shape index (κ3) is 2.59. The molecule has 0 saturated carbocycles. The monoisotopic (exact) mass is 218 g/mol. The lowest BCUT2D eigenvalue weighted by molar-refractivity contribution is -0.120. The van der Waals surface area contributed by atoms with Gasteiger partial charge in [0.25, 0.3) is 0 Å². The molecule has 1 heterocycles. The molecule has 1 aliphatic rings. The maximum absolute atomic E-state index is 11.8. The Labute approximate surface area is 94.2 Å². The molecule has 1 aromatic rings. The summed E-state index contributed by atoms with van der Waals surface area (Å²) in [6, 6.07) is 9.19. The number of anilines is 1. The molecule has 0 spiro atoms. The van der Waals surface area contributed by atoms with Gasteiger partial charge in [-0.1, -0.05) is 18.2 Å². The first kappa shape index (κ1) is 10.7. The molecule has 0 aromatic heterocycles. The van der Waals surface area contributed by atoms with Crippen LogP contribution in [0.25, 0.3) is 0 Å². The molecule has 0 unspecified atom stereocenters. The summed E-state index contributed by atoms with van der Waals surface area (Å²) in [5.41, 5.74) is 0.782. The van der Waals surface area contributed by atoms with E-state index in [1.165, 1.54) is 0 Å². The second-order valence-electron chi connectivity index (χ2n) is 3.82. The van der Waals surface area contributed by atoms with Crippen molar-refractivity contribution in [1.82, 2.24) is 4.90 Å². The Morgan fingerprint density at radius 2 is 1.75 bits per heavy atom. The van der Waals surface area contributed by atoms with Crippen LogP contribution in [0.1, 0.15) is 12.8 Å². The van der Waals surface area contributed by atoms with Crippen LogP contribution in [0.4, 0.5) is 10.5 Å². The average Bonchev–Trinajstić information content (AvgIpc) is 2.31. The van der Waals surface area contributed by atoms with E-state index in [0.717, 1.165) is 5.69 Å². The number of hydrogen-bond donors (Lipinski definition) is 1. The first-order valence-electron chi connectivity index (χ1n) is 5.38. The fourth-order valence-electron chi connectivity index (χ4n) is 1.68. The fourth-order valence-corrected chi connectivity index (χ4v) is 1.68. The zero-order valence-corrected chi connectivity index (χ0v) is 8.98. The summed E-state index contributed by atoms with van der Waals surface area (Å²) in [5, 5.41) is 2.80. The number of carbonyl (C=O) groups excluding carboxylic acids is 2. The number of nitrogens with zero attached hydrogens (tertiary/aromatic N) is 1. The summed E-state index contributed by atoms with van der Waals surface area (Å²) in [6.07, 6.45) is 0.949. The van der Waals surface area contributed by atoms with Gasteiger partial charge in [0.1, 0.15) is 5.78 Å². The van der Waals surface area contributed by atoms with Gasteiger partial charge >= 0.3 is 6.03 Å². The fraction of sp³-hybridized carbons (Fsp3) is 0.333. The van der Waals surface area contributed by atoms with E-state index < -0.39 is 0 Å².